The van der Waals surface area contributed by atoms with Crippen molar-refractivity contribution in [1.82, 2.24) is 5.32 Å². The number of nitrogens with one attached hydrogen (secondary N) is 1. The van der Waals surface area contributed by atoms with Gasteiger partial charge in [0, 0.05) is 6.04 Å². The maximum Gasteiger partial charge on any atom is 0.315 e. The largest absolute Gasteiger partial charge is 0.347 e. The molecule has 1 atom stereocenters. The van der Waals surface area contributed by atoms with Crippen LogP contribution in [0.5, 0.6) is 0 Å². The zero-order valence-electron chi connectivity index (χ0n) is 7.37. The normalized spacial score (nSPS) is 26.1. The van der Waals surface area contributed by atoms with Crippen LogP contribution in [0.25, 0.3) is 0 Å². The highest BCUT2D eigenvalue weighted by Crippen LogP contribution is 2.12. The number of alkyl halides is 2. The highest BCUT2D eigenvalue weighted by atomic mass is 32.2. The third kappa shape index (κ3) is 3.21. The van der Waals surface area contributed by atoms with Crippen molar-refractivity contribution < 1.29 is 22.0 Å². The van der Waals surface area contributed by atoms with Crippen LogP contribution in [-0.4, -0.2) is 38.3 Å². The molecule has 0 bridgehead atoms. The highest BCUT2D eigenvalue weighted by molar-refractivity contribution is 7.91. The Morgan fingerprint density at radius 1 is 1.43 bits per heavy atom. The standard InChI is InChI=1S/C7H11F2NO3S/c8-6(9)7(11)10-5-2-1-3-14(12,13)4-5/h5-6H,1-4H2,(H,10,11). The van der Waals surface area contributed by atoms with Gasteiger partial charge in [0.1, 0.15) is 0 Å². The van der Waals surface area contributed by atoms with Gasteiger partial charge in [-0.25, -0.2) is 8.42 Å². The van der Waals surface area contributed by atoms with Gasteiger partial charge in [-0.15, -0.1) is 0 Å². The van der Waals surface area contributed by atoms with E-state index in [1.54, 1.807) is 0 Å². The monoisotopic (exact) mass is 227 g/mol. The number of carbonyl (C=O) groups is 1. The molecule has 1 aliphatic heterocycles. The lowest BCUT2D eigenvalue weighted by atomic mass is 10.2. The molecule has 1 heterocycles. The molecule has 1 saturated heterocycles. The van der Waals surface area contributed by atoms with Crippen LogP contribution in [0.1, 0.15) is 12.8 Å². The smallest absolute Gasteiger partial charge is 0.315 e. The first kappa shape index (κ1) is 11.4. The van der Waals surface area contributed by atoms with Gasteiger partial charge in [0.15, 0.2) is 9.84 Å². The summed E-state index contributed by atoms with van der Waals surface area (Å²) in [6.45, 7) is 0. The Morgan fingerprint density at radius 3 is 2.57 bits per heavy atom. The van der Waals surface area contributed by atoms with Gasteiger partial charge in [-0.1, -0.05) is 0 Å². The number of hydrogen-bond acceptors (Lipinski definition) is 3. The number of amides is 1. The van der Waals surface area contributed by atoms with Gasteiger partial charge < -0.3 is 5.32 Å². The predicted octanol–water partition coefficient (Wildman–Crippen LogP) is -0.0551. The van der Waals surface area contributed by atoms with Crippen molar-refractivity contribution in [2.45, 2.75) is 25.3 Å². The van der Waals surface area contributed by atoms with Crippen LogP contribution < -0.4 is 5.32 Å². The molecule has 0 aliphatic carbocycles. The molecule has 0 saturated carbocycles. The minimum Gasteiger partial charge on any atom is -0.347 e. The fraction of sp³-hybridized carbons (Fsp3) is 0.857. The zero-order chi connectivity index (χ0) is 10.8. The summed E-state index contributed by atoms with van der Waals surface area (Å²) in [5.41, 5.74) is 0. The molecule has 4 nitrogen and oxygen atoms in total. The predicted molar refractivity (Wildman–Crippen MR) is 45.8 cm³/mol. The molecular formula is C7H11F2NO3S. The van der Waals surface area contributed by atoms with Gasteiger partial charge in [-0.3, -0.25) is 4.79 Å². The van der Waals surface area contributed by atoms with E-state index in [4.69, 9.17) is 0 Å². The molecule has 0 aromatic heterocycles. The first-order valence-electron chi connectivity index (χ1n) is 4.20. The molecule has 1 fully saturated rings. The van der Waals surface area contributed by atoms with E-state index in [0.717, 1.165) is 0 Å². The minimum absolute atomic E-state index is 0.0774. The summed E-state index contributed by atoms with van der Waals surface area (Å²) >= 11 is 0. The van der Waals surface area contributed by atoms with E-state index in [-0.39, 0.29) is 11.5 Å². The van der Waals surface area contributed by atoms with Gasteiger partial charge >= 0.3 is 6.43 Å². The quantitative estimate of drug-likeness (QED) is 0.719. The van der Waals surface area contributed by atoms with E-state index < -0.39 is 28.2 Å². The second-order valence-corrected chi connectivity index (χ2v) is 5.49. The molecule has 1 N–H and O–H groups in total. The van der Waals surface area contributed by atoms with Crippen LogP contribution in [0.15, 0.2) is 0 Å². The summed E-state index contributed by atoms with van der Waals surface area (Å²) in [6, 6.07) is -0.657. The molecule has 0 spiro atoms. The third-order valence-electron chi connectivity index (χ3n) is 2.01. The average Bonchev–Trinajstić information content (AvgIpc) is 2.01. The minimum atomic E-state index is -3.16. The van der Waals surface area contributed by atoms with Crippen molar-refractivity contribution in [1.29, 1.82) is 0 Å². The Bertz CT molecular complexity index is 315. The lowest BCUT2D eigenvalue weighted by Crippen LogP contribution is -2.45. The molecule has 0 aromatic carbocycles. The second kappa shape index (κ2) is 4.20. The maximum absolute atomic E-state index is 11.8. The first-order valence-corrected chi connectivity index (χ1v) is 6.02. The summed E-state index contributed by atoms with van der Waals surface area (Å²) in [6.07, 6.45) is -2.23. The number of hydrogen-bond donors (Lipinski definition) is 1. The number of carbonyl (C=O) groups excluding carboxylic acids is 1. The summed E-state index contributed by atoms with van der Waals surface area (Å²) in [4.78, 5) is 10.6. The topological polar surface area (TPSA) is 63.2 Å². The Kier molecular flexibility index (Phi) is 3.41. The summed E-state index contributed by atoms with van der Waals surface area (Å²) in [5, 5.41) is 2.01. The van der Waals surface area contributed by atoms with Gasteiger partial charge in [0.2, 0.25) is 0 Å². The van der Waals surface area contributed by atoms with E-state index >= 15 is 0 Å². The number of sulfone groups is 1. The third-order valence-corrected chi connectivity index (χ3v) is 3.83. The first-order chi connectivity index (χ1) is 6.41. The van der Waals surface area contributed by atoms with E-state index in [0.29, 0.717) is 12.8 Å². The van der Waals surface area contributed by atoms with Gasteiger partial charge in [0.25, 0.3) is 5.91 Å². The molecule has 1 rings (SSSR count). The van der Waals surface area contributed by atoms with Crippen molar-refractivity contribution in [3.05, 3.63) is 0 Å². The molecule has 1 unspecified atom stereocenters. The summed E-state index contributed by atoms with van der Waals surface area (Å²) in [5.74, 6) is -1.55. The van der Waals surface area contributed by atoms with Crippen molar-refractivity contribution in [2.24, 2.45) is 0 Å². The molecular weight excluding hydrogens is 216 g/mol. The molecule has 1 aliphatic rings. The van der Waals surface area contributed by atoms with Crippen LogP contribution in [0.4, 0.5) is 8.78 Å². The molecule has 14 heavy (non-hydrogen) atoms. The molecule has 0 aromatic rings. The molecule has 1 amide bonds. The fourth-order valence-corrected chi connectivity index (χ4v) is 3.04. The number of rotatable bonds is 2. The average molecular weight is 227 g/mol. The molecule has 7 heteroatoms. The van der Waals surface area contributed by atoms with Crippen LogP contribution in [-0.2, 0) is 14.6 Å². The second-order valence-electron chi connectivity index (χ2n) is 3.26. The highest BCUT2D eigenvalue weighted by Gasteiger charge is 2.27. The Hall–Kier alpha value is -0.720. The zero-order valence-corrected chi connectivity index (χ0v) is 8.19. The Labute approximate surface area is 80.6 Å². The van der Waals surface area contributed by atoms with Gasteiger partial charge in [-0.05, 0) is 12.8 Å². The van der Waals surface area contributed by atoms with Crippen LogP contribution in [0, 0.1) is 0 Å². The van der Waals surface area contributed by atoms with E-state index in [1.807, 2.05) is 5.32 Å². The Balaban J connectivity index is 2.50. The summed E-state index contributed by atoms with van der Waals surface area (Å²) < 4.78 is 45.8. The SMILES string of the molecule is O=C(NC1CCCS(=O)(=O)C1)C(F)F. The van der Waals surface area contributed by atoms with Crippen molar-refractivity contribution in [3.63, 3.8) is 0 Å². The van der Waals surface area contributed by atoms with E-state index in [2.05, 4.69) is 0 Å². The van der Waals surface area contributed by atoms with Crippen molar-refractivity contribution >= 4 is 15.7 Å². The number of halogens is 2. The molecule has 82 valence electrons. The van der Waals surface area contributed by atoms with Crippen LogP contribution in [0.3, 0.4) is 0 Å². The lowest BCUT2D eigenvalue weighted by molar-refractivity contribution is -0.132. The fourth-order valence-electron chi connectivity index (χ4n) is 1.40. The van der Waals surface area contributed by atoms with Gasteiger partial charge in [0.05, 0.1) is 11.5 Å². The van der Waals surface area contributed by atoms with Crippen molar-refractivity contribution in [3.8, 4) is 0 Å². The Morgan fingerprint density at radius 2 is 2.07 bits per heavy atom. The van der Waals surface area contributed by atoms with Crippen molar-refractivity contribution in [2.75, 3.05) is 11.5 Å². The van der Waals surface area contributed by atoms with Crippen LogP contribution >= 0.6 is 0 Å². The molecule has 0 radical (unpaired) electrons. The van der Waals surface area contributed by atoms with Gasteiger partial charge in [-0.2, -0.15) is 8.78 Å². The van der Waals surface area contributed by atoms with Crippen LogP contribution in [0.2, 0.25) is 0 Å². The van der Waals surface area contributed by atoms with E-state index in [1.165, 1.54) is 0 Å². The maximum atomic E-state index is 11.8. The summed E-state index contributed by atoms with van der Waals surface area (Å²) in [7, 11) is -3.16. The lowest BCUT2D eigenvalue weighted by Gasteiger charge is -2.22. The van der Waals surface area contributed by atoms with E-state index in [9.17, 15) is 22.0 Å².